The summed E-state index contributed by atoms with van der Waals surface area (Å²) < 4.78 is 16.4. The highest BCUT2D eigenvalue weighted by atomic mass is 35.5. The fourth-order valence-corrected chi connectivity index (χ4v) is 5.06. The quantitative estimate of drug-likeness (QED) is 0.350. The highest BCUT2D eigenvalue weighted by Gasteiger charge is 2.28. The average Bonchev–Trinajstić information content (AvgIpc) is 3.26. The van der Waals surface area contributed by atoms with E-state index >= 15 is 0 Å². The number of carbonyl (C=O) groups excluding carboxylic acids is 1. The predicted octanol–water partition coefficient (Wildman–Crippen LogP) is 5.57. The van der Waals surface area contributed by atoms with Crippen LogP contribution in [0.5, 0.6) is 11.5 Å². The molecule has 1 aromatic heterocycles. The first-order valence-corrected chi connectivity index (χ1v) is 11.3. The van der Waals surface area contributed by atoms with Crippen LogP contribution >= 0.6 is 12.4 Å². The van der Waals surface area contributed by atoms with Gasteiger partial charge in [-0.05, 0) is 58.7 Å². The van der Waals surface area contributed by atoms with Gasteiger partial charge in [0.15, 0.2) is 11.5 Å². The van der Waals surface area contributed by atoms with Gasteiger partial charge in [0.05, 0.1) is 19.8 Å². The summed E-state index contributed by atoms with van der Waals surface area (Å²) >= 11 is 0. The highest BCUT2D eigenvalue weighted by Crippen LogP contribution is 2.42. The Morgan fingerprint density at radius 3 is 2.43 bits per heavy atom. The van der Waals surface area contributed by atoms with Gasteiger partial charge in [0.2, 0.25) is 0 Å². The lowest BCUT2D eigenvalue weighted by molar-refractivity contribution is 0.0535. The molecule has 6 nitrogen and oxygen atoms in total. The summed E-state index contributed by atoms with van der Waals surface area (Å²) in [6.07, 6.45) is 2.86. The number of methoxy groups -OCH3 is 2. The lowest BCUT2D eigenvalue weighted by Crippen LogP contribution is -2.30. The lowest BCUT2D eigenvalue weighted by atomic mass is 9.91. The number of fused-ring (bicyclic) bond motifs is 3. The second-order valence-corrected chi connectivity index (χ2v) is 8.64. The summed E-state index contributed by atoms with van der Waals surface area (Å²) in [5.41, 5.74) is 5.91. The topological polar surface area (TPSA) is 60.9 Å². The number of benzene rings is 3. The zero-order valence-electron chi connectivity index (χ0n) is 19.5. The van der Waals surface area contributed by atoms with E-state index in [0.29, 0.717) is 17.1 Å². The number of nitrogens with zero attached hydrogens (tertiary/aromatic N) is 2. The summed E-state index contributed by atoms with van der Waals surface area (Å²) in [7, 11) is 3.23. The number of hydrogen-bond acceptors (Lipinski definition) is 6. The Morgan fingerprint density at radius 1 is 0.914 bits per heavy atom. The molecule has 2 aliphatic heterocycles. The first kappa shape index (κ1) is 23.0. The molecule has 3 heterocycles. The SMILES string of the molecule is COc1cc2cc3c(c(-c4ccc(N5CCc6ccccc6C5)nc4)c2cc1OC)C(=O)OC3.Cl. The molecule has 0 amide bonds. The van der Waals surface area contributed by atoms with E-state index in [2.05, 4.69) is 29.2 Å². The molecule has 35 heavy (non-hydrogen) atoms. The lowest BCUT2D eigenvalue weighted by Gasteiger charge is -2.29. The Bertz CT molecular complexity index is 1440. The van der Waals surface area contributed by atoms with E-state index < -0.39 is 0 Å². The van der Waals surface area contributed by atoms with Crippen molar-refractivity contribution in [1.82, 2.24) is 4.98 Å². The van der Waals surface area contributed by atoms with Gasteiger partial charge in [-0.2, -0.15) is 0 Å². The highest BCUT2D eigenvalue weighted by molar-refractivity contribution is 6.11. The Hall–Kier alpha value is -3.77. The number of pyridine rings is 1. The molecule has 0 bridgehead atoms. The third-order valence-corrected chi connectivity index (χ3v) is 6.78. The molecule has 2 aliphatic rings. The van der Waals surface area contributed by atoms with Crippen LogP contribution in [0, 0.1) is 0 Å². The van der Waals surface area contributed by atoms with Crippen molar-refractivity contribution in [1.29, 1.82) is 0 Å². The Kier molecular flexibility index (Phi) is 5.99. The molecule has 0 spiro atoms. The molecular formula is C28H25ClN2O4. The summed E-state index contributed by atoms with van der Waals surface area (Å²) in [5.74, 6) is 1.87. The van der Waals surface area contributed by atoms with Crippen molar-refractivity contribution < 1.29 is 19.0 Å². The van der Waals surface area contributed by atoms with Gasteiger partial charge in [0.25, 0.3) is 0 Å². The maximum absolute atomic E-state index is 12.7. The minimum atomic E-state index is -0.307. The molecule has 0 N–H and O–H groups in total. The largest absolute Gasteiger partial charge is 0.493 e. The number of cyclic esters (lactones) is 1. The van der Waals surface area contributed by atoms with Crippen LogP contribution in [0.15, 0.2) is 60.8 Å². The summed E-state index contributed by atoms with van der Waals surface area (Å²) in [6, 6.07) is 18.5. The molecule has 0 saturated heterocycles. The number of halogens is 1. The van der Waals surface area contributed by atoms with Crippen LogP contribution in [0.3, 0.4) is 0 Å². The van der Waals surface area contributed by atoms with Crippen LogP contribution in [-0.2, 0) is 24.3 Å². The Labute approximate surface area is 209 Å². The van der Waals surface area contributed by atoms with Gasteiger partial charge in [-0.25, -0.2) is 9.78 Å². The summed E-state index contributed by atoms with van der Waals surface area (Å²) in [6.45, 7) is 2.04. The molecule has 0 atom stereocenters. The zero-order chi connectivity index (χ0) is 23.2. The molecule has 0 aliphatic carbocycles. The maximum Gasteiger partial charge on any atom is 0.339 e. The first-order valence-electron chi connectivity index (χ1n) is 11.3. The van der Waals surface area contributed by atoms with Gasteiger partial charge in [0.1, 0.15) is 12.4 Å². The summed E-state index contributed by atoms with van der Waals surface area (Å²) in [4.78, 5) is 19.8. The van der Waals surface area contributed by atoms with Gasteiger partial charge in [-0.15, -0.1) is 12.4 Å². The number of anilines is 1. The van der Waals surface area contributed by atoms with Gasteiger partial charge >= 0.3 is 5.97 Å². The van der Waals surface area contributed by atoms with Crippen molar-refractivity contribution in [3.63, 3.8) is 0 Å². The van der Waals surface area contributed by atoms with E-state index in [9.17, 15) is 4.79 Å². The van der Waals surface area contributed by atoms with Gasteiger partial charge < -0.3 is 19.1 Å². The minimum absolute atomic E-state index is 0. The first-order chi connectivity index (χ1) is 16.7. The third kappa shape index (κ3) is 3.84. The van der Waals surface area contributed by atoms with Gasteiger partial charge in [0, 0.05) is 36.0 Å². The molecule has 3 aromatic carbocycles. The van der Waals surface area contributed by atoms with Crippen LogP contribution in [0.2, 0.25) is 0 Å². The van der Waals surface area contributed by atoms with Crippen LogP contribution in [0.1, 0.15) is 27.0 Å². The molecule has 6 rings (SSSR count). The molecule has 0 fully saturated rings. The fourth-order valence-electron chi connectivity index (χ4n) is 5.06. The third-order valence-electron chi connectivity index (χ3n) is 6.78. The van der Waals surface area contributed by atoms with Crippen LogP contribution in [0.25, 0.3) is 21.9 Å². The van der Waals surface area contributed by atoms with Crippen molar-refractivity contribution in [2.45, 2.75) is 19.6 Å². The van der Waals surface area contributed by atoms with Crippen LogP contribution in [0.4, 0.5) is 5.82 Å². The van der Waals surface area contributed by atoms with E-state index in [1.54, 1.807) is 14.2 Å². The summed E-state index contributed by atoms with van der Waals surface area (Å²) in [5, 5.41) is 1.86. The molecule has 4 aromatic rings. The Morgan fingerprint density at radius 2 is 1.69 bits per heavy atom. The smallest absolute Gasteiger partial charge is 0.339 e. The number of aromatic nitrogens is 1. The van der Waals surface area contributed by atoms with Crippen LogP contribution < -0.4 is 14.4 Å². The number of carbonyl (C=O) groups is 1. The van der Waals surface area contributed by atoms with Crippen molar-refractivity contribution in [2.75, 3.05) is 25.7 Å². The molecular weight excluding hydrogens is 464 g/mol. The second-order valence-electron chi connectivity index (χ2n) is 8.64. The normalized spacial score (nSPS) is 14.1. The van der Waals surface area contributed by atoms with E-state index in [4.69, 9.17) is 19.2 Å². The molecule has 0 saturated carbocycles. The number of esters is 1. The molecule has 178 valence electrons. The molecule has 0 radical (unpaired) electrons. The maximum atomic E-state index is 12.7. The van der Waals surface area contributed by atoms with E-state index in [1.165, 1.54) is 11.1 Å². The van der Waals surface area contributed by atoms with E-state index in [-0.39, 0.29) is 25.0 Å². The standard InChI is InChI=1S/C28H24N2O4.ClH/c1-32-23-12-20-11-21-16-34-28(31)27(21)26(22(20)13-24(23)33-2)18-7-8-25(29-14-18)30-10-9-17-5-3-4-6-19(17)15-30;/h3-8,11-14H,9-10,15-16H2,1-2H3;1H. The second kappa shape index (κ2) is 9.12. The number of hydrogen-bond donors (Lipinski definition) is 0. The number of ether oxygens (including phenoxy) is 3. The monoisotopic (exact) mass is 488 g/mol. The van der Waals surface area contributed by atoms with Gasteiger partial charge in [-0.3, -0.25) is 0 Å². The van der Waals surface area contributed by atoms with Crippen molar-refractivity contribution in [2.24, 2.45) is 0 Å². The van der Waals surface area contributed by atoms with E-state index in [1.807, 2.05) is 36.5 Å². The zero-order valence-corrected chi connectivity index (χ0v) is 20.4. The van der Waals surface area contributed by atoms with Crippen molar-refractivity contribution in [3.8, 4) is 22.6 Å². The molecule has 7 heteroatoms. The fraction of sp³-hybridized carbons (Fsp3) is 0.214. The number of rotatable bonds is 4. The van der Waals surface area contributed by atoms with E-state index in [0.717, 1.165) is 52.8 Å². The van der Waals surface area contributed by atoms with Crippen molar-refractivity contribution >= 4 is 35.0 Å². The Balaban J connectivity index is 0.00000253. The average molecular weight is 489 g/mol. The minimum Gasteiger partial charge on any atom is -0.493 e. The molecule has 0 unspecified atom stereocenters. The van der Waals surface area contributed by atoms with Crippen molar-refractivity contribution in [3.05, 3.63) is 83.0 Å². The predicted molar refractivity (Wildman–Crippen MR) is 138 cm³/mol. The van der Waals surface area contributed by atoms with Crippen LogP contribution in [-0.4, -0.2) is 31.7 Å². The van der Waals surface area contributed by atoms with Gasteiger partial charge in [-0.1, -0.05) is 24.3 Å².